The molecule has 9 heteroatoms. The van der Waals surface area contributed by atoms with Crippen LogP contribution in [0.15, 0.2) is 0 Å². The molecule has 0 nitrogen and oxygen atoms in total. The maximum atomic E-state index is 11.7. The molecule has 0 saturated heterocycles. The molecule has 0 rings (SSSR count). The van der Waals surface area contributed by atoms with Crippen LogP contribution in [-0.2, 0) is 0 Å². The Morgan fingerprint density at radius 1 is 0.733 bits per heavy atom. The molecule has 0 saturated carbocycles. The number of alkyl halides is 6. The zero-order valence-corrected chi connectivity index (χ0v) is 9.86. The molecule has 0 heterocycles. The third-order valence-electron chi connectivity index (χ3n) is 1.55. The summed E-state index contributed by atoms with van der Waals surface area (Å²) < 4.78 is 70.5. The van der Waals surface area contributed by atoms with Gasteiger partial charge in [0.1, 0.15) is 0 Å². The zero-order valence-electron chi connectivity index (χ0n) is 7.35. The molecule has 0 spiro atoms. The maximum Gasteiger partial charge on any atom is 0.388 e. The lowest BCUT2D eigenvalue weighted by Crippen LogP contribution is -2.24. The van der Waals surface area contributed by atoms with E-state index in [4.69, 9.17) is 22.2 Å². The fraction of sp³-hybridized carbons (Fsp3) is 1.00. The first-order chi connectivity index (χ1) is 6.41. The fourth-order valence-corrected chi connectivity index (χ4v) is 3.46. The number of halogens is 8. The predicted molar refractivity (Wildman–Crippen MR) is 48.4 cm³/mol. The van der Waals surface area contributed by atoms with Gasteiger partial charge in [0, 0.05) is 12.8 Å². The molecule has 92 valence electrons. The first-order valence-electron chi connectivity index (χ1n) is 3.93. The first-order valence-corrected chi connectivity index (χ1v) is 8.36. The molecule has 0 aromatic heterocycles. The SMILES string of the molecule is FC(F)(F)CC[Si](Cl)(Cl)CCC(F)(F)F. The minimum Gasteiger partial charge on any atom is -0.171 e. The Balaban J connectivity index is 3.98. The van der Waals surface area contributed by atoms with Gasteiger partial charge in [0.2, 0.25) is 0 Å². The van der Waals surface area contributed by atoms with Crippen LogP contribution in [0.25, 0.3) is 0 Å². The van der Waals surface area contributed by atoms with Crippen LogP contribution in [0.2, 0.25) is 12.1 Å². The monoisotopic (exact) mass is 292 g/mol. The van der Waals surface area contributed by atoms with Crippen LogP contribution in [0.5, 0.6) is 0 Å². The average Bonchev–Trinajstić information content (AvgIpc) is 1.96. The molecule has 0 N–H and O–H groups in total. The van der Waals surface area contributed by atoms with Gasteiger partial charge in [-0.25, -0.2) is 0 Å². The van der Waals surface area contributed by atoms with Crippen LogP contribution >= 0.6 is 22.2 Å². The van der Waals surface area contributed by atoms with E-state index in [1.165, 1.54) is 0 Å². The molecular weight excluding hydrogens is 285 g/mol. The summed E-state index contributed by atoms with van der Waals surface area (Å²) in [6, 6.07) is -1.20. The molecule has 0 atom stereocenters. The van der Waals surface area contributed by atoms with E-state index in [0.29, 0.717) is 0 Å². The molecular formula is C6H8Cl2F6Si. The summed E-state index contributed by atoms with van der Waals surface area (Å²) in [4.78, 5) is 0. The van der Waals surface area contributed by atoms with E-state index in [1.807, 2.05) is 0 Å². The Morgan fingerprint density at radius 3 is 1.20 bits per heavy atom. The third-order valence-corrected chi connectivity index (χ3v) is 5.78. The quantitative estimate of drug-likeness (QED) is 0.396. The van der Waals surface area contributed by atoms with E-state index < -0.39 is 44.0 Å². The van der Waals surface area contributed by atoms with Crippen molar-refractivity contribution in [3.63, 3.8) is 0 Å². The van der Waals surface area contributed by atoms with Crippen LogP contribution in [-0.4, -0.2) is 19.0 Å². The van der Waals surface area contributed by atoms with Crippen LogP contribution in [0, 0.1) is 0 Å². The highest BCUT2D eigenvalue weighted by Crippen LogP contribution is 2.36. The van der Waals surface area contributed by atoms with Gasteiger partial charge < -0.3 is 0 Å². The van der Waals surface area contributed by atoms with Gasteiger partial charge in [-0.05, 0) is 12.1 Å². The zero-order chi connectivity index (χ0) is 12.3. The van der Waals surface area contributed by atoms with E-state index in [1.54, 1.807) is 0 Å². The van der Waals surface area contributed by atoms with Crippen molar-refractivity contribution in [1.29, 1.82) is 0 Å². The molecule has 0 aromatic rings. The molecule has 0 radical (unpaired) electrons. The second-order valence-corrected chi connectivity index (χ2v) is 10.7. The average molecular weight is 293 g/mol. The van der Waals surface area contributed by atoms with Gasteiger partial charge in [-0.2, -0.15) is 26.3 Å². The molecule has 0 aliphatic rings. The highest BCUT2D eigenvalue weighted by atomic mass is 35.7. The predicted octanol–water partition coefficient (Wildman–Crippen LogP) is 4.81. The van der Waals surface area contributed by atoms with Crippen LogP contribution in [0.1, 0.15) is 12.8 Å². The summed E-state index contributed by atoms with van der Waals surface area (Å²) in [6.45, 7) is -3.42. The van der Waals surface area contributed by atoms with E-state index in [9.17, 15) is 26.3 Å². The molecule has 0 aliphatic carbocycles. The smallest absolute Gasteiger partial charge is 0.171 e. The molecule has 0 fully saturated rings. The lowest BCUT2D eigenvalue weighted by molar-refractivity contribution is -0.131. The molecule has 0 bridgehead atoms. The van der Waals surface area contributed by atoms with Crippen LogP contribution < -0.4 is 0 Å². The fourth-order valence-electron chi connectivity index (χ4n) is 0.774. The Bertz CT molecular complexity index is 179. The van der Waals surface area contributed by atoms with Gasteiger partial charge in [0.05, 0.1) is 0 Å². The van der Waals surface area contributed by atoms with Crippen molar-refractivity contribution in [2.24, 2.45) is 0 Å². The summed E-state index contributed by atoms with van der Waals surface area (Å²) in [7, 11) is 0. The van der Waals surface area contributed by atoms with Crippen molar-refractivity contribution >= 4 is 28.9 Å². The van der Waals surface area contributed by atoms with Gasteiger partial charge in [-0.1, -0.05) is 0 Å². The first kappa shape index (κ1) is 15.4. The highest BCUT2D eigenvalue weighted by molar-refractivity contribution is 7.45. The van der Waals surface area contributed by atoms with Crippen LogP contribution in [0.4, 0.5) is 26.3 Å². The Labute approximate surface area is 93.0 Å². The summed E-state index contributed by atoms with van der Waals surface area (Å²) >= 11 is 10.9. The third kappa shape index (κ3) is 10.7. The normalized spacial score (nSPS) is 14.4. The van der Waals surface area contributed by atoms with Crippen molar-refractivity contribution in [1.82, 2.24) is 0 Å². The van der Waals surface area contributed by atoms with Crippen molar-refractivity contribution in [2.75, 3.05) is 0 Å². The minimum atomic E-state index is -4.43. The van der Waals surface area contributed by atoms with E-state index >= 15 is 0 Å². The van der Waals surface area contributed by atoms with Gasteiger partial charge in [0.25, 0.3) is 6.69 Å². The number of hydrogen-bond donors (Lipinski definition) is 0. The molecule has 0 amide bonds. The molecule has 0 aromatic carbocycles. The minimum absolute atomic E-state index is 0.601. The van der Waals surface area contributed by atoms with E-state index in [0.717, 1.165) is 0 Å². The van der Waals surface area contributed by atoms with Crippen molar-refractivity contribution in [2.45, 2.75) is 37.3 Å². The van der Waals surface area contributed by atoms with Gasteiger partial charge in [-0.3, -0.25) is 0 Å². The molecule has 15 heavy (non-hydrogen) atoms. The van der Waals surface area contributed by atoms with Crippen molar-refractivity contribution in [3.05, 3.63) is 0 Å². The van der Waals surface area contributed by atoms with Gasteiger partial charge >= 0.3 is 12.4 Å². The van der Waals surface area contributed by atoms with E-state index in [2.05, 4.69) is 0 Å². The van der Waals surface area contributed by atoms with Crippen molar-refractivity contribution in [3.8, 4) is 0 Å². The molecule has 0 unspecified atom stereocenters. The highest BCUT2D eigenvalue weighted by Gasteiger charge is 2.39. The van der Waals surface area contributed by atoms with Gasteiger partial charge in [0.15, 0.2) is 0 Å². The number of rotatable bonds is 4. The summed E-state index contributed by atoms with van der Waals surface area (Å²) in [5.74, 6) is 0. The standard InChI is InChI=1S/C6H8Cl2F6Si/c7-15(8,3-1-5(9,10)11)4-2-6(12,13)14/h1-4H2. The van der Waals surface area contributed by atoms with Crippen LogP contribution in [0.3, 0.4) is 0 Å². The summed E-state index contributed by atoms with van der Waals surface area (Å²) in [5, 5.41) is 0. The number of hydrogen-bond acceptors (Lipinski definition) is 0. The lowest BCUT2D eigenvalue weighted by Gasteiger charge is -2.18. The Hall–Kier alpha value is 0.377. The summed E-state index contributed by atoms with van der Waals surface area (Å²) in [6.07, 6.45) is -11.3. The molecule has 0 aliphatic heterocycles. The summed E-state index contributed by atoms with van der Waals surface area (Å²) in [5.41, 5.74) is 0. The van der Waals surface area contributed by atoms with E-state index in [-0.39, 0.29) is 0 Å². The Morgan fingerprint density at radius 2 is 1.00 bits per heavy atom. The Kier molecular flexibility index (Phi) is 5.27. The van der Waals surface area contributed by atoms with Crippen molar-refractivity contribution < 1.29 is 26.3 Å². The maximum absolute atomic E-state index is 11.7. The topological polar surface area (TPSA) is 0 Å². The van der Waals surface area contributed by atoms with Gasteiger partial charge in [-0.15, -0.1) is 22.2 Å². The lowest BCUT2D eigenvalue weighted by atomic mass is 10.5. The second kappa shape index (κ2) is 5.14. The second-order valence-electron chi connectivity index (χ2n) is 3.09. The largest absolute Gasteiger partial charge is 0.388 e.